The van der Waals surface area contributed by atoms with Crippen molar-refractivity contribution in [2.45, 2.75) is 0 Å². The molecule has 0 aliphatic carbocycles. The van der Waals surface area contributed by atoms with Gasteiger partial charge in [-0.2, -0.15) is 0 Å². The van der Waals surface area contributed by atoms with Crippen molar-refractivity contribution in [1.29, 1.82) is 0 Å². The third kappa shape index (κ3) is 8.40. The van der Waals surface area contributed by atoms with Crippen LogP contribution >= 0.6 is 12.3 Å². The van der Waals surface area contributed by atoms with Gasteiger partial charge >= 0.3 is 88.3 Å². The van der Waals surface area contributed by atoms with E-state index in [2.05, 4.69) is 13.1 Å². The molecule has 7 heavy (non-hydrogen) atoms. The monoisotopic (exact) mass is 274 g/mol. The predicted octanol–water partition coefficient (Wildman–Crippen LogP) is 0.370. The Labute approximate surface area is 86.8 Å². The molecular formula is O4SY2. The van der Waals surface area contributed by atoms with E-state index in [1.165, 1.54) is 0 Å². The fraction of sp³-hybridized carbons (Fsp3) is 0. The topological polar surface area (TPSA) is 36.9 Å². The Bertz CT molecular complexity index is 28.9. The van der Waals surface area contributed by atoms with Crippen LogP contribution in [-0.2, 0) is 76.0 Å². The van der Waals surface area contributed by atoms with Gasteiger partial charge in [-0.15, -0.1) is 0 Å². The van der Waals surface area contributed by atoms with Gasteiger partial charge in [-0.05, 0) is 0 Å². The maximum absolute atomic E-state index is 4.25. The van der Waals surface area contributed by atoms with E-state index < -0.39 is 0 Å². The maximum atomic E-state index is 4.25. The first kappa shape index (κ1) is 9.40. The summed E-state index contributed by atoms with van der Waals surface area (Å²) in [7, 11) is 0. The van der Waals surface area contributed by atoms with E-state index in [0.29, 0.717) is 75.3 Å². The summed E-state index contributed by atoms with van der Waals surface area (Å²) in [6, 6.07) is 0. The van der Waals surface area contributed by atoms with E-state index in [1.54, 1.807) is 0 Å². The molecule has 4 nitrogen and oxygen atoms in total. The molecule has 0 fully saturated rings. The van der Waals surface area contributed by atoms with Crippen molar-refractivity contribution in [3.63, 3.8) is 0 Å². The van der Waals surface area contributed by atoms with Crippen LogP contribution in [0.4, 0.5) is 0 Å². The van der Waals surface area contributed by atoms with Gasteiger partial charge < -0.3 is 0 Å². The van der Waals surface area contributed by atoms with Crippen LogP contribution in [0.1, 0.15) is 0 Å². The first-order valence-electron chi connectivity index (χ1n) is 1.14. The van der Waals surface area contributed by atoms with Crippen molar-refractivity contribution in [2.75, 3.05) is 0 Å². The summed E-state index contributed by atoms with van der Waals surface area (Å²) in [4.78, 5) is 0. The Morgan fingerprint density at radius 1 is 1.00 bits per heavy atom. The zero-order chi connectivity index (χ0) is 5.54. The third-order valence-electron chi connectivity index (χ3n) is 0.134. The van der Waals surface area contributed by atoms with Crippen molar-refractivity contribution in [3.8, 4) is 0 Å². The standard InChI is InChI=1S/H2O4S.2Y/c1-3-5-4-2;;/h1-2H;;/q;2*+1/p-2. The van der Waals surface area contributed by atoms with Crippen LogP contribution in [-0.4, -0.2) is 0 Å². The predicted molar refractivity (Wildman–Crippen MR) is 11.9 cm³/mol. The Kier molecular flexibility index (Phi) is 11.3. The average molecular weight is 274 g/mol. The fourth-order valence-corrected chi connectivity index (χ4v) is 0.603. The molecule has 0 unspecified atom stereocenters. The number of rotatable bonds is 4. The van der Waals surface area contributed by atoms with E-state index in [1.807, 2.05) is 0 Å². The summed E-state index contributed by atoms with van der Waals surface area (Å²) in [6.45, 7) is 0. The molecule has 7 heteroatoms. The molecule has 0 amide bonds. The Morgan fingerprint density at radius 3 is 1.71 bits per heavy atom. The molecule has 0 aromatic carbocycles. The summed E-state index contributed by atoms with van der Waals surface area (Å²) in [5.74, 6) is 0. The normalized spacial score (nSPS) is 8.86. The molecule has 0 saturated carbocycles. The summed E-state index contributed by atoms with van der Waals surface area (Å²) in [6.07, 6.45) is 0. The quantitative estimate of drug-likeness (QED) is 0.320. The van der Waals surface area contributed by atoms with Crippen LogP contribution in [0.15, 0.2) is 0 Å². The number of hydrogen-bond acceptors (Lipinski definition) is 5. The molecule has 0 bridgehead atoms. The molecule has 0 atom stereocenters. The molecule has 0 aliphatic rings. The molecule has 0 saturated heterocycles. The molecule has 0 N–H and O–H groups in total. The second-order valence-corrected chi connectivity index (χ2v) is 1.75. The zero-order valence-electron chi connectivity index (χ0n) is 3.20. The van der Waals surface area contributed by atoms with E-state index in [-0.39, 0.29) is 0 Å². The third-order valence-corrected chi connectivity index (χ3v) is 1.56. The Balaban J connectivity index is 2.45. The minimum absolute atomic E-state index is 0.592. The van der Waals surface area contributed by atoms with Crippen molar-refractivity contribution < 1.29 is 76.0 Å². The van der Waals surface area contributed by atoms with E-state index in [4.69, 9.17) is 0 Å². The Morgan fingerprint density at radius 2 is 1.43 bits per heavy atom. The summed E-state index contributed by atoms with van der Waals surface area (Å²) < 4.78 is 16.9. The van der Waals surface area contributed by atoms with Crippen LogP contribution in [0.25, 0.3) is 0 Å². The summed E-state index contributed by atoms with van der Waals surface area (Å²) in [5.41, 5.74) is 0. The molecule has 0 aromatic heterocycles. The van der Waals surface area contributed by atoms with Crippen LogP contribution < -0.4 is 0 Å². The van der Waals surface area contributed by atoms with Gasteiger partial charge in [0.2, 0.25) is 0 Å². The van der Waals surface area contributed by atoms with Gasteiger partial charge in [0, 0.05) is 0 Å². The van der Waals surface area contributed by atoms with Crippen LogP contribution in [0.2, 0.25) is 0 Å². The first-order valence-corrected chi connectivity index (χ1v) is 4.12. The molecule has 36 valence electrons. The molecule has 0 aliphatic heterocycles. The summed E-state index contributed by atoms with van der Waals surface area (Å²) >= 11 is 1.86. The average Bonchev–Trinajstić information content (AvgIpc) is 1.69. The molecular weight excluding hydrogens is 274 g/mol. The molecule has 0 rings (SSSR count). The molecule has 0 heterocycles. The van der Waals surface area contributed by atoms with Crippen LogP contribution in [0.3, 0.4) is 0 Å². The van der Waals surface area contributed by atoms with Crippen molar-refractivity contribution in [3.05, 3.63) is 0 Å². The second kappa shape index (κ2) is 8.40. The molecule has 0 spiro atoms. The van der Waals surface area contributed by atoms with E-state index >= 15 is 0 Å². The van der Waals surface area contributed by atoms with Gasteiger partial charge in [0.15, 0.2) is 0 Å². The van der Waals surface area contributed by atoms with Crippen molar-refractivity contribution in [1.82, 2.24) is 0 Å². The fourth-order valence-electron chi connectivity index (χ4n) is 0.0434. The summed E-state index contributed by atoms with van der Waals surface area (Å²) in [5, 5.41) is 0. The molecule has 0 radical (unpaired) electrons. The van der Waals surface area contributed by atoms with Gasteiger partial charge in [0.05, 0.1) is 0 Å². The van der Waals surface area contributed by atoms with Gasteiger partial charge in [-0.25, -0.2) is 0 Å². The van der Waals surface area contributed by atoms with Crippen molar-refractivity contribution >= 4 is 12.3 Å². The second-order valence-electron chi connectivity index (χ2n) is 0.397. The van der Waals surface area contributed by atoms with Crippen molar-refractivity contribution in [2.24, 2.45) is 0 Å². The van der Waals surface area contributed by atoms with Gasteiger partial charge in [-0.1, -0.05) is 0 Å². The van der Waals surface area contributed by atoms with E-state index in [0.717, 1.165) is 0 Å². The SMILES string of the molecule is [Y][O]OSO[O][Y]. The van der Waals surface area contributed by atoms with Crippen LogP contribution in [0, 0.1) is 0 Å². The van der Waals surface area contributed by atoms with Gasteiger partial charge in [-0.3, -0.25) is 0 Å². The van der Waals surface area contributed by atoms with Crippen LogP contribution in [0.5, 0.6) is 0 Å². The Hall–Kier alpha value is 2.40. The van der Waals surface area contributed by atoms with Gasteiger partial charge in [0.1, 0.15) is 0 Å². The zero-order valence-corrected chi connectivity index (χ0v) is 9.69. The van der Waals surface area contributed by atoms with Gasteiger partial charge in [0.25, 0.3) is 0 Å². The first-order chi connectivity index (χ1) is 3.41. The van der Waals surface area contributed by atoms with E-state index in [9.17, 15) is 0 Å². The number of hydrogen-bond donors (Lipinski definition) is 0. The molecule has 0 aromatic rings. The minimum atomic E-state index is 0.592.